The van der Waals surface area contributed by atoms with Crippen molar-refractivity contribution in [2.45, 2.75) is 44.2 Å². The molecular formula is C28H31N5O4. The topological polar surface area (TPSA) is 157 Å². The van der Waals surface area contributed by atoms with Crippen LogP contribution >= 0.6 is 0 Å². The van der Waals surface area contributed by atoms with Gasteiger partial charge in [0.15, 0.2) is 0 Å². The van der Waals surface area contributed by atoms with Gasteiger partial charge in [0, 0.05) is 31.7 Å². The number of carbonyl (C=O) groups excluding carboxylic acids is 4. The van der Waals surface area contributed by atoms with Crippen molar-refractivity contribution in [3.05, 3.63) is 90.3 Å². The molecule has 0 bridgehead atoms. The molecule has 3 rings (SSSR count). The lowest BCUT2D eigenvalue weighted by Crippen LogP contribution is -2.53. The van der Waals surface area contributed by atoms with E-state index in [1.807, 2.05) is 66.7 Å². The minimum atomic E-state index is -0.971. The number of nitrogens with two attached hydrogens (primary N) is 2. The number of nitrogens with zero attached hydrogens (tertiary/aromatic N) is 1. The number of aromatic nitrogens is 1. The van der Waals surface area contributed by atoms with E-state index in [0.29, 0.717) is 12.8 Å². The molecule has 192 valence electrons. The summed E-state index contributed by atoms with van der Waals surface area (Å²) in [5, 5.41) is 5.35. The van der Waals surface area contributed by atoms with Crippen molar-refractivity contribution in [2.75, 3.05) is 0 Å². The molecule has 4 amide bonds. The second-order valence-corrected chi connectivity index (χ2v) is 8.71. The first-order valence-corrected chi connectivity index (χ1v) is 12.0. The van der Waals surface area contributed by atoms with Crippen LogP contribution in [0, 0.1) is 0 Å². The van der Waals surface area contributed by atoms with Gasteiger partial charge in [0.1, 0.15) is 12.1 Å². The number of pyridine rings is 1. The molecule has 9 nitrogen and oxygen atoms in total. The predicted octanol–water partition coefficient (Wildman–Crippen LogP) is 1.64. The number of nitrogens with one attached hydrogen (secondary N) is 2. The number of rotatable bonds is 13. The van der Waals surface area contributed by atoms with Gasteiger partial charge in [0.25, 0.3) is 0 Å². The summed E-state index contributed by atoms with van der Waals surface area (Å²) in [7, 11) is 0. The quantitative estimate of drug-likeness (QED) is 0.280. The van der Waals surface area contributed by atoms with Gasteiger partial charge >= 0.3 is 0 Å². The zero-order valence-corrected chi connectivity index (χ0v) is 20.4. The Kier molecular flexibility index (Phi) is 9.90. The Hall–Kier alpha value is -4.53. The van der Waals surface area contributed by atoms with Crippen LogP contribution in [0.5, 0.6) is 0 Å². The highest BCUT2D eigenvalue weighted by Gasteiger charge is 2.26. The van der Waals surface area contributed by atoms with Gasteiger partial charge in [0.05, 0.1) is 0 Å². The summed E-state index contributed by atoms with van der Waals surface area (Å²) in [4.78, 5) is 52.7. The molecule has 2 atom stereocenters. The Balaban J connectivity index is 1.68. The van der Waals surface area contributed by atoms with Gasteiger partial charge in [-0.25, -0.2) is 0 Å². The van der Waals surface area contributed by atoms with E-state index in [1.54, 1.807) is 12.4 Å². The fourth-order valence-electron chi connectivity index (χ4n) is 3.84. The Morgan fingerprint density at radius 1 is 0.730 bits per heavy atom. The lowest BCUT2D eigenvalue weighted by atomic mass is 10.00. The van der Waals surface area contributed by atoms with Crippen LogP contribution in [-0.4, -0.2) is 40.7 Å². The average Bonchev–Trinajstić information content (AvgIpc) is 2.90. The summed E-state index contributed by atoms with van der Waals surface area (Å²) < 4.78 is 0. The van der Waals surface area contributed by atoms with Crippen molar-refractivity contribution in [1.29, 1.82) is 0 Å². The van der Waals surface area contributed by atoms with Gasteiger partial charge in [-0.3, -0.25) is 24.2 Å². The summed E-state index contributed by atoms with van der Waals surface area (Å²) in [6, 6.07) is 19.0. The molecule has 0 saturated heterocycles. The van der Waals surface area contributed by atoms with Gasteiger partial charge < -0.3 is 22.1 Å². The monoisotopic (exact) mass is 501 g/mol. The minimum absolute atomic E-state index is 0.127. The summed E-state index contributed by atoms with van der Waals surface area (Å²) >= 11 is 0. The Labute approximate surface area is 215 Å². The Bertz CT molecular complexity index is 1200. The molecule has 0 fully saturated rings. The minimum Gasteiger partial charge on any atom is -0.370 e. The summed E-state index contributed by atoms with van der Waals surface area (Å²) in [5.41, 5.74) is 14.5. The van der Waals surface area contributed by atoms with Gasteiger partial charge in [-0.1, -0.05) is 54.6 Å². The van der Waals surface area contributed by atoms with Crippen molar-refractivity contribution in [1.82, 2.24) is 15.6 Å². The van der Waals surface area contributed by atoms with Gasteiger partial charge in [-0.2, -0.15) is 0 Å². The van der Waals surface area contributed by atoms with Crippen LogP contribution in [0.1, 0.15) is 30.4 Å². The van der Waals surface area contributed by atoms with E-state index in [9.17, 15) is 19.2 Å². The molecule has 0 aliphatic rings. The summed E-state index contributed by atoms with van der Waals surface area (Å²) in [6.45, 7) is 0. The number of benzene rings is 2. The lowest BCUT2D eigenvalue weighted by molar-refractivity contribution is -0.132. The van der Waals surface area contributed by atoms with Crippen LogP contribution in [0.2, 0.25) is 0 Å². The van der Waals surface area contributed by atoms with Crippen molar-refractivity contribution in [3.63, 3.8) is 0 Å². The third-order valence-corrected chi connectivity index (χ3v) is 5.88. The number of carbonyl (C=O) groups is 4. The maximum Gasteiger partial charge on any atom is 0.243 e. The normalized spacial score (nSPS) is 12.2. The van der Waals surface area contributed by atoms with Crippen molar-refractivity contribution in [3.8, 4) is 11.1 Å². The molecule has 2 aromatic carbocycles. The number of hydrogen-bond acceptors (Lipinski definition) is 5. The fraction of sp³-hybridized carbons (Fsp3) is 0.250. The molecule has 1 aromatic heterocycles. The van der Waals surface area contributed by atoms with Gasteiger partial charge in [0.2, 0.25) is 23.6 Å². The van der Waals surface area contributed by atoms with E-state index < -0.39 is 35.7 Å². The SMILES string of the molecule is NC(=O)CCC(=O)N[C@H](CCc1ccccc1)C(=O)N[C@@H](Cc1ccc(-c2ccncc2)cc1)C(N)=O. The highest BCUT2D eigenvalue weighted by Crippen LogP contribution is 2.19. The van der Waals surface area contributed by atoms with E-state index in [0.717, 1.165) is 22.3 Å². The van der Waals surface area contributed by atoms with Crippen LogP contribution in [0.3, 0.4) is 0 Å². The van der Waals surface area contributed by atoms with E-state index >= 15 is 0 Å². The molecule has 0 unspecified atom stereocenters. The van der Waals surface area contributed by atoms with Crippen molar-refractivity contribution >= 4 is 23.6 Å². The second-order valence-electron chi connectivity index (χ2n) is 8.71. The summed E-state index contributed by atoms with van der Waals surface area (Å²) in [5.74, 6) is -2.30. The highest BCUT2D eigenvalue weighted by molar-refractivity contribution is 5.92. The Morgan fingerprint density at radius 2 is 1.38 bits per heavy atom. The van der Waals surface area contributed by atoms with E-state index in [1.165, 1.54) is 0 Å². The Morgan fingerprint density at radius 3 is 2.00 bits per heavy atom. The van der Waals surface area contributed by atoms with Crippen LogP contribution in [0.25, 0.3) is 11.1 Å². The maximum absolute atomic E-state index is 13.2. The third kappa shape index (κ3) is 8.88. The fourth-order valence-corrected chi connectivity index (χ4v) is 3.84. The maximum atomic E-state index is 13.2. The van der Waals surface area contributed by atoms with Crippen LogP contribution in [0.4, 0.5) is 0 Å². The summed E-state index contributed by atoms with van der Waals surface area (Å²) in [6.07, 6.45) is 4.17. The first-order chi connectivity index (χ1) is 17.8. The first kappa shape index (κ1) is 27.1. The lowest BCUT2D eigenvalue weighted by Gasteiger charge is -2.22. The first-order valence-electron chi connectivity index (χ1n) is 12.0. The second kappa shape index (κ2) is 13.5. The molecule has 6 N–H and O–H groups in total. The molecule has 37 heavy (non-hydrogen) atoms. The predicted molar refractivity (Wildman–Crippen MR) is 140 cm³/mol. The van der Waals surface area contributed by atoms with Gasteiger partial charge in [-0.15, -0.1) is 0 Å². The number of aryl methyl sites for hydroxylation is 1. The van der Waals surface area contributed by atoms with E-state index in [4.69, 9.17) is 11.5 Å². The van der Waals surface area contributed by atoms with Gasteiger partial charge in [-0.05, 0) is 47.2 Å². The largest absolute Gasteiger partial charge is 0.370 e. The van der Waals surface area contributed by atoms with Crippen molar-refractivity contribution < 1.29 is 19.2 Å². The standard InChI is InChI=1S/C28H31N5O4/c29-25(34)12-13-26(35)32-23(11-8-19-4-2-1-3-5-19)28(37)33-24(27(30)36)18-20-6-9-21(10-7-20)22-14-16-31-17-15-22/h1-7,9-10,14-17,23-24H,8,11-13,18H2,(H2,29,34)(H2,30,36)(H,32,35)(H,33,37)/t23-,24+/m1/s1. The molecule has 1 heterocycles. The molecular weight excluding hydrogens is 470 g/mol. The number of hydrogen-bond donors (Lipinski definition) is 4. The van der Waals surface area contributed by atoms with Crippen LogP contribution in [0.15, 0.2) is 79.1 Å². The van der Waals surface area contributed by atoms with E-state index in [-0.39, 0.29) is 19.3 Å². The zero-order chi connectivity index (χ0) is 26.6. The molecule has 0 spiro atoms. The molecule has 0 saturated carbocycles. The average molecular weight is 502 g/mol. The van der Waals surface area contributed by atoms with Crippen molar-refractivity contribution in [2.24, 2.45) is 11.5 Å². The van der Waals surface area contributed by atoms with Crippen LogP contribution in [-0.2, 0) is 32.0 Å². The zero-order valence-electron chi connectivity index (χ0n) is 20.4. The number of primary amides is 2. The number of amides is 4. The molecule has 3 aromatic rings. The third-order valence-electron chi connectivity index (χ3n) is 5.88. The molecule has 0 radical (unpaired) electrons. The molecule has 0 aliphatic heterocycles. The molecule has 9 heteroatoms. The van der Waals surface area contributed by atoms with E-state index in [2.05, 4.69) is 15.6 Å². The van der Waals surface area contributed by atoms with Crippen LogP contribution < -0.4 is 22.1 Å². The molecule has 0 aliphatic carbocycles. The highest BCUT2D eigenvalue weighted by atomic mass is 16.2. The smallest absolute Gasteiger partial charge is 0.243 e.